The highest BCUT2D eigenvalue weighted by Crippen LogP contribution is 2.17. The van der Waals surface area contributed by atoms with Crippen molar-refractivity contribution in [2.24, 2.45) is 19.9 Å². The Morgan fingerprint density at radius 3 is 2.67 bits per heavy atom. The summed E-state index contributed by atoms with van der Waals surface area (Å²) in [6.45, 7) is 0. The Bertz CT molecular complexity index is 403. The van der Waals surface area contributed by atoms with E-state index in [0.29, 0.717) is 0 Å². The monoisotopic (exact) mass is 206 g/mol. The minimum Gasteiger partial charge on any atom is -0.336 e. The van der Waals surface area contributed by atoms with Crippen LogP contribution in [0.2, 0.25) is 0 Å². The number of hydrogen-bond donors (Lipinski definition) is 2. The van der Waals surface area contributed by atoms with E-state index in [0.717, 1.165) is 11.5 Å². The molecule has 0 radical (unpaired) electrons. The number of rotatable bonds is 3. The average molecular weight is 206 g/mol. The SMILES string of the molecule is Cn1ccnc1C(NN)c1ccnn1C. The highest BCUT2D eigenvalue weighted by molar-refractivity contribution is 5.16. The lowest BCUT2D eigenvalue weighted by Crippen LogP contribution is -2.32. The number of imidazole rings is 1. The van der Waals surface area contributed by atoms with Gasteiger partial charge in [0.05, 0.1) is 5.69 Å². The van der Waals surface area contributed by atoms with E-state index in [1.54, 1.807) is 17.1 Å². The molecule has 0 aliphatic heterocycles. The zero-order valence-electron chi connectivity index (χ0n) is 8.75. The van der Waals surface area contributed by atoms with Gasteiger partial charge in [0.1, 0.15) is 11.9 Å². The van der Waals surface area contributed by atoms with E-state index in [4.69, 9.17) is 5.84 Å². The van der Waals surface area contributed by atoms with Crippen molar-refractivity contribution in [2.45, 2.75) is 6.04 Å². The van der Waals surface area contributed by atoms with Gasteiger partial charge < -0.3 is 4.57 Å². The van der Waals surface area contributed by atoms with Crippen LogP contribution in [0.15, 0.2) is 24.7 Å². The van der Waals surface area contributed by atoms with Crippen molar-refractivity contribution in [1.29, 1.82) is 0 Å². The fourth-order valence-corrected chi connectivity index (χ4v) is 1.61. The molecule has 0 fully saturated rings. The second-order valence-corrected chi connectivity index (χ2v) is 3.38. The molecule has 6 nitrogen and oxygen atoms in total. The summed E-state index contributed by atoms with van der Waals surface area (Å²) in [5, 5.41) is 4.11. The number of nitrogens with zero attached hydrogens (tertiary/aromatic N) is 4. The molecule has 3 N–H and O–H groups in total. The summed E-state index contributed by atoms with van der Waals surface area (Å²) >= 11 is 0. The van der Waals surface area contributed by atoms with Crippen LogP contribution in [0.1, 0.15) is 17.6 Å². The predicted molar refractivity (Wildman–Crippen MR) is 55.6 cm³/mol. The molecule has 15 heavy (non-hydrogen) atoms. The third-order valence-electron chi connectivity index (χ3n) is 2.44. The quantitative estimate of drug-likeness (QED) is 0.534. The van der Waals surface area contributed by atoms with Crippen LogP contribution in [0.25, 0.3) is 0 Å². The van der Waals surface area contributed by atoms with Crippen molar-refractivity contribution in [3.8, 4) is 0 Å². The summed E-state index contributed by atoms with van der Waals surface area (Å²) in [6.07, 6.45) is 5.37. The fraction of sp³-hybridized carbons (Fsp3) is 0.333. The maximum atomic E-state index is 5.55. The van der Waals surface area contributed by atoms with Crippen molar-refractivity contribution < 1.29 is 0 Å². The molecule has 1 unspecified atom stereocenters. The summed E-state index contributed by atoms with van der Waals surface area (Å²) in [5.41, 5.74) is 3.72. The zero-order valence-corrected chi connectivity index (χ0v) is 8.75. The van der Waals surface area contributed by atoms with Gasteiger partial charge in [-0.15, -0.1) is 0 Å². The van der Waals surface area contributed by atoms with Gasteiger partial charge in [-0.05, 0) is 6.07 Å². The first-order valence-corrected chi connectivity index (χ1v) is 4.65. The van der Waals surface area contributed by atoms with E-state index in [9.17, 15) is 0 Å². The third-order valence-corrected chi connectivity index (χ3v) is 2.44. The predicted octanol–water partition coefficient (Wildman–Crippen LogP) is -0.294. The van der Waals surface area contributed by atoms with Crippen LogP contribution in [0.5, 0.6) is 0 Å². The molecule has 0 saturated heterocycles. The van der Waals surface area contributed by atoms with Crippen LogP contribution in [-0.2, 0) is 14.1 Å². The van der Waals surface area contributed by atoms with E-state index in [1.165, 1.54) is 0 Å². The summed E-state index contributed by atoms with van der Waals surface area (Å²) in [4.78, 5) is 4.26. The van der Waals surface area contributed by atoms with Crippen molar-refractivity contribution in [3.63, 3.8) is 0 Å². The second kappa shape index (κ2) is 3.84. The van der Waals surface area contributed by atoms with Gasteiger partial charge in [0, 0.05) is 32.7 Å². The van der Waals surface area contributed by atoms with Gasteiger partial charge in [0.25, 0.3) is 0 Å². The average Bonchev–Trinajstić information content (AvgIpc) is 2.80. The first-order valence-electron chi connectivity index (χ1n) is 4.65. The van der Waals surface area contributed by atoms with Crippen molar-refractivity contribution in [3.05, 3.63) is 36.2 Å². The maximum absolute atomic E-state index is 5.55. The lowest BCUT2D eigenvalue weighted by molar-refractivity contribution is 0.536. The van der Waals surface area contributed by atoms with E-state index in [-0.39, 0.29) is 6.04 Å². The molecule has 6 heteroatoms. The smallest absolute Gasteiger partial charge is 0.133 e. The first-order chi connectivity index (χ1) is 7.24. The Kier molecular flexibility index (Phi) is 2.53. The largest absolute Gasteiger partial charge is 0.336 e. The molecule has 0 aromatic carbocycles. The van der Waals surface area contributed by atoms with Gasteiger partial charge in [-0.3, -0.25) is 10.5 Å². The molecule has 80 valence electrons. The van der Waals surface area contributed by atoms with Crippen LogP contribution in [0.4, 0.5) is 0 Å². The first kappa shape index (κ1) is 9.88. The number of hydrazine groups is 1. The van der Waals surface area contributed by atoms with Crippen molar-refractivity contribution in [1.82, 2.24) is 24.8 Å². The minimum absolute atomic E-state index is 0.141. The molecule has 0 aliphatic rings. The second-order valence-electron chi connectivity index (χ2n) is 3.38. The van der Waals surface area contributed by atoms with Crippen LogP contribution >= 0.6 is 0 Å². The molecule has 0 spiro atoms. The third kappa shape index (κ3) is 1.64. The zero-order chi connectivity index (χ0) is 10.8. The van der Waals surface area contributed by atoms with Crippen LogP contribution in [-0.4, -0.2) is 19.3 Å². The molecule has 0 aliphatic carbocycles. The molecular formula is C9H14N6. The molecule has 2 rings (SSSR count). The summed E-state index contributed by atoms with van der Waals surface area (Å²) in [6, 6.07) is 1.77. The topological polar surface area (TPSA) is 73.7 Å². The summed E-state index contributed by atoms with van der Waals surface area (Å²) in [7, 11) is 3.81. The highest BCUT2D eigenvalue weighted by atomic mass is 15.3. The molecule has 2 aromatic rings. The van der Waals surface area contributed by atoms with Crippen LogP contribution < -0.4 is 11.3 Å². The Morgan fingerprint density at radius 1 is 1.40 bits per heavy atom. The Labute approximate surface area is 87.7 Å². The molecule has 0 amide bonds. The Morgan fingerprint density at radius 2 is 2.20 bits per heavy atom. The number of aromatic nitrogens is 4. The standard InChI is InChI=1S/C9H14N6/c1-14-6-5-11-9(14)8(13-10)7-3-4-12-15(7)2/h3-6,8,13H,10H2,1-2H3. The lowest BCUT2D eigenvalue weighted by atomic mass is 10.2. The number of nitrogens with one attached hydrogen (secondary N) is 1. The fourth-order valence-electron chi connectivity index (χ4n) is 1.61. The van der Waals surface area contributed by atoms with Gasteiger partial charge >= 0.3 is 0 Å². The number of aryl methyl sites for hydroxylation is 2. The molecular weight excluding hydrogens is 192 g/mol. The normalized spacial score (nSPS) is 13.0. The van der Waals surface area contributed by atoms with E-state index >= 15 is 0 Å². The summed E-state index contributed by atoms with van der Waals surface area (Å²) < 4.78 is 3.71. The maximum Gasteiger partial charge on any atom is 0.133 e. The van der Waals surface area contributed by atoms with Crippen molar-refractivity contribution in [2.75, 3.05) is 0 Å². The summed E-state index contributed by atoms with van der Waals surface area (Å²) in [5.74, 6) is 6.41. The molecule has 0 bridgehead atoms. The van der Waals surface area contributed by atoms with E-state index in [2.05, 4.69) is 15.5 Å². The van der Waals surface area contributed by atoms with Crippen molar-refractivity contribution >= 4 is 0 Å². The molecule has 2 heterocycles. The minimum atomic E-state index is -0.141. The van der Waals surface area contributed by atoms with Crippen LogP contribution in [0, 0.1) is 0 Å². The molecule has 1 atom stereocenters. The number of nitrogens with two attached hydrogens (primary N) is 1. The van der Waals surface area contributed by atoms with Gasteiger partial charge in [-0.25, -0.2) is 10.4 Å². The van der Waals surface area contributed by atoms with E-state index < -0.39 is 0 Å². The van der Waals surface area contributed by atoms with E-state index in [1.807, 2.05) is 30.9 Å². The van der Waals surface area contributed by atoms with Crippen LogP contribution in [0.3, 0.4) is 0 Å². The molecule has 0 saturated carbocycles. The van der Waals surface area contributed by atoms with Gasteiger partial charge in [-0.1, -0.05) is 0 Å². The Balaban J connectivity index is 2.41. The number of hydrogen-bond acceptors (Lipinski definition) is 4. The molecule has 2 aromatic heterocycles. The highest BCUT2D eigenvalue weighted by Gasteiger charge is 2.19. The Hall–Kier alpha value is -1.66. The van der Waals surface area contributed by atoms with Gasteiger partial charge in [0.15, 0.2) is 0 Å². The van der Waals surface area contributed by atoms with Gasteiger partial charge in [-0.2, -0.15) is 5.10 Å². The lowest BCUT2D eigenvalue weighted by Gasteiger charge is -2.15. The van der Waals surface area contributed by atoms with Gasteiger partial charge in [0.2, 0.25) is 0 Å².